The monoisotopic (exact) mass is 376 g/mol. The van der Waals surface area contributed by atoms with E-state index in [1.807, 2.05) is 36.1 Å². The van der Waals surface area contributed by atoms with Crippen molar-refractivity contribution in [3.63, 3.8) is 0 Å². The third-order valence-electron chi connectivity index (χ3n) is 4.61. The van der Waals surface area contributed by atoms with E-state index >= 15 is 0 Å². The van der Waals surface area contributed by atoms with Gasteiger partial charge >= 0.3 is 0 Å². The van der Waals surface area contributed by atoms with Gasteiger partial charge in [-0.3, -0.25) is 0 Å². The van der Waals surface area contributed by atoms with Crippen LogP contribution in [0.2, 0.25) is 5.02 Å². The van der Waals surface area contributed by atoms with Crippen LogP contribution in [0.1, 0.15) is 38.2 Å². The van der Waals surface area contributed by atoms with Gasteiger partial charge in [0.2, 0.25) is 0 Å². The first kappa shape index (κ1) is 18.6. The van der Waals surface area contributed by atoms with Crippen LogP contribution in [0.15, 0.2) is 36.5 Å². The molecule has 1 aromatic heterocycles. The molecule has 1 aliphatic heterocycles. The number of anilines is 1. The number of hydrogen-bond donors (Lipinski definition) is 0. The van der Waals surface area contributed by atoms with Crippen LogP contribution in [0.4, 0.5) is 10.2 Å². The molecule has 0 saturated carbocycles. The van der Waals surface area contributed by atoms with E-state index in [9.17, 15) is 9.18 Å². The average molecular weight is 377 g/mol. The molecule has 0 spiro atoms. The molecule has 2 aromatic rings. The number of carbonyl (C=O) groups excluding carboxylic acids is 1. The fourth-order valence-corrected chi connectivity index (χ4v) is 3.40. The summed E-state index contributed by atoms with van der Waals surface area (Å²) in [6.45, 7) is 4.88. The molecule has 1 fully saturated rings. The lowest BCUT2D eigenvalue weighted by atomic mass is 9.96. The second kappa shape index (κ2) is 8.04. The maximum Gasteiger partial charge on any atom is 0.184 e. The average Bonchev–Trinajstić information content (AvgIpc) is 3.05. The number of hydrogen-bond acceptors (Lipinski definition) is 4. The van der Waals surface area contributed by atoms with Gasteiger partial charge in [0.15, 0.2) is 11.6 Å². The van der Waals surface area contributed by atoms with Crippen LogP contribution in [-0.2, 0) is 4.79 Å². The predicted octanol–water partition coefficient (Wildman–Crippen LogP) is 4.61. The highest BCUT2D eigenvalue weighted by Gasteiger charge is 2.27. The zero-order valence-electron chi connectivity index (χ0n) is 14.9. The van der Waals surface area contributed by atoms with Gasteiger partial charge in [0.1, 0.15) is 17.6 Å². The van der Waals surface area contributed by atoms with Crippen LogP contribution in [0, 0.1) is 5.82 Å². The lowest BCUT2D eigenvalue weighted by molar-refractivity contribution is -0.117. The molecule has 1 aliphatic rings. The first-order valence-electron chi connectivity index (χ1n) is 8.75. The number of aromatic nitrogens is 1. The molecule has 0 unspecified atom stereocenters. The quantitative estimate of drug-likeness (QED) is 0.738. The summed E-state index contributed by atoms with van der Waals surface area (Å²) in [6, 6.07) is 9.28. The van der Waals surface area contributed by atoms with Gasteiger partial charge in [0.25, 0.3) is 0 Å². The minimum absolute atomic E-state index is 0.0318. The fraction of sp³-hybridized carbons (Fsp3) is 0.400. The molecule has 26 heavy (non-hydrogen) atoms. The van der Waals surface area contributed by atoms with E-state index in [0.29, 0.717) is 19.5 Å². The molecular weight excluding hydrogens is 355 g/mol. The Hall–Kier alpha value is -2.14. The first-order chi connectivity index (χ1) is 12.4. The summed E-state index contributed by atoms with van der Waals surface area (Å²) in [4.78, 5) is 17.2. The Balaban J connectivity index is 1.60. The normalized spacial score (nSPS) is 18.0. The van der Waals surface area contributed by atoms with Crippen molar-refractivity contribution in [2.24, 2.45) is 0 Å². The largest absolute Gasteiger partial charge is 0.489 e. The summed E-state index contributed by atoms with van der Waals surface area (Å²) in [5.74, 6) is 0.942. The third-order valence-corrected chi connectivity index (χ3v) is 4.91. The summed E-state index contributed by atoms with van der Waals surface area (Å²) in [7, 11) is 0. The predicted molar refractivity (Wildman–Crippen MR) is 101 cm³/mol. The van der Waals surface area contributed by atoms with E-state index < -0.39 is 5.82 Å². The van der Waals surface area contributed by atoms with Gasteiger partial charge in [0, 0.05) is 25.6 Å². The highest BCUT2D eigenvalue weighted by molar-refractivity contribution is 6.30. The van der Waals surface area contributed by atoms with E-state index in [2.05, 4.69) is 4.98 Å². The zero-order chi connectivity index (χ0) is 18.7. The summed E-state index contributed by atoms with van der Waals surface area (Å²) in [5.41, 5.74) is 1.12. The van der Waals surface area contributed by atoms with Crippen molar-refractivity contribution in [1.82, 2.24) is 4.98 Å². The lowest BCUT2D eigenvalue weighted by Gasteiger charge is -2.19. The Morgan fingerprint density at radius 2 is 2.12 bits per heavy atom. The van der Waals surface area contributed by atoms with Crippen LogP contribution in [0.3, 0.4) is 0 Å². The highest BCUT2D eigenvalue weighted by atomic mass is 35.5. The van der Waals surface area contributed by atoms with Crippen molar-refractivity contribution in [2.75, 3.05) is 18.0 Å². The van der Waals surface area contributed by atoms with Crippen LogP contribution < -0.4 is 9.64 Å². The Bertz CT molecular complexity index is 782. The lowest BCUT2D eigenvalue weighted by Crippen LogP contribution is -2.26. The van der Waals surface area contributed by atoms with Crippen molar-refractivity contribution >= 4 is 23.2 Å². The number of benzene rings is 1. The van der Waals surface area contributed by atoms with Crippen molar-refractivity contribution in [1.29, 1.82) is 0 Å². The van der Waals surface area contributed by atoms with E-state index in [0.717, 1.165) is 17.7 Å². The number of ketones is 1. The number of pyridine rings is 1. The second-order valence-electron chi connectivity index (χ2n) is 6.78. The molecular formula is C20H22ClFN2O2. The molecule has 4 nitrogen and oxygen atoms in total. The van der Waals surface area contributed by atoms with E-state index in [1.54, 1.807) is 6.92 Å². The van der Waals surface area contributed by atoms with Gasteiger partial charge in [-0.2, -0.15) is 0 Å². The number of rotatable bonds is 6. The summed E-state index contributed by atoms with van der Waals surface area (Å²) in [6.07, 6.45) is 2.80. The Labute approximate surface area is 157 Å². The Morgan fingerprint density at radius 3 is 2.81 bits per heavy atom. The molecule has 138 valence electrons. The van der Waals surface area contributed by atoms with Crippen molar-refractivity contribution < 1.29 is 13.9 Å². The molecule has 0 aliphatic carbocycles. The molecule has 1 saturated heterocycles. The van der Waals surface area contributed by atoms with E-state index in [-0.39, 0.29) is 28.6 Å². The number of halogens is 2. The zero-order valence-corrected chi connectivity index (χ0v) is 15.7. The van der Waals surface area contributed by atoms with Crippen LogP contribution >= 0.6 is 11.6 Å². The Morgan fingerprint density at radius 1 is 1.38 bits per heavy atom. The first-order valence-corrected chi connectivity index (χ1v) is 9.13. The van der Waals surface area contributed by atoms with Gasteiger partial charge in [-0.15, -0.1) is 0 Å². The standard InChI is InChI=1S/C20H22ClFN2O2/c1-13(11-14(2)25)15-3-5-16(6-4-15)26-17-8-10-24(12-17)20-19(22)18(21)7-9-23-20/h3-7,9,13,17H,8,10-12H2,1-2H3/t13-,17-/m1/s1. The Kier molecular flexibility index (Phi) is 5.77. The van der Waals surface area contributed by atoms with Crippen LogP contribution in [0.25, 0.3) is 0 Å². The minimum Gasteiger partial charge on any atom is -0.489 e. The van der Waals surface area contributed by atoms with Crippen molar-refractivity contribution in [2.45, 2.75) is 38.7 Å². The molecule has 0 N–H and O–H groups in total. The number of carbonyl (C=O) groups is 1. The highest BCUT2D eigenvalue weighted by Crippen LogP contribution is 2.28. The topological polar surface area (TPSA) is 42.4 Å². The van der Waals surface area contributed by atoms with Gasteiger partial charge in [-0.05, 0) is 36.6 Å². The second-order valence-corrected chi connectivity index (χ2v) is 7.19. The summed E-state index contributed by atoms with van der Waals surface area (Å²) >= 11 is 5.84. The molecule has 6 heteroatoms. The molecule has 1 aromatic carbocycles. The number of Topliss-reactive ketones (excluding diaryl/α,β-unsaturated/α-hetero) is 1. The minimum atomic E-state index is -0.487. The smallest absolute Gasteiger partial charge is 0.184 e. The fourth-order valence-electron chi connectivity index (χ4n) is 3.26. The van der Waals surface area contributed by atoms with Crippen molar-refractivity contribution in [3.05, 3.63) is 52.9 Å². The molecule has 2 atom stereocenters. The third kappa shape index (κ3) is 4.33. The van der Waals surface area contributed by atoms with Crippen LogP contribution in [0.5, 0.6) is 5.75 Å². The van der Waals surface area contributed by atoms with Gasteiger partial charge < -0.3 is 14.4 Å². The van der Waals surface area contributed by atoms with Crippen LogP contribution in [-0.4, -0.2) is 30.0 Å². The summed E-state index contributed by atoms with van der Waals surface area (Å²) in [5, 5.41) is 0.0784. The van der Waals surface area contributed by atoms with E-state index in [4.69, 9.17) is 16.3 Å². The molecule has 0 amide bonds. The van der Waals surface area contributed by atoms with Gasteiger partial charge in [-0.25, -0.2) is 9.37 Å². The van der Waals surface area contributed by atoms with Crippen molar-refractivity contribution in [3.8, 4) is 5.75 Å². The molecule has 0 radical (unpaired) electrons. The van der Waals surface area contributed by atoms with E-state index in [1.165, 1.54) is 12.3 Å². The molecule has 3 rings (SSSR count). The summed E-state index contributed by atoms with van der Waals surface area (Å²) < 4.78 is 20.1. The molecule has 0 bridgehead atoms. The maximum absolute atomic E-state index is 14.1. The maximum atomic E-state index is 14.1. The van der Waals surface area contributed by atoms with Gasteiger partial charge in [0.05, 0.1) is 11.6 Å². The SMILES string of the molecule is CC(=O)C[C@@H](C)c1ccc(O[C@@H]2CCN(c3nccc(Cl)c3F)C2)cc1. The molecule has 2 heterocycles. The van der Waals surface area contributed by atoms with Gasteiger partial charge in [-0.1, -0.05) is 30.7 Å². The number of nitrogens with zero attached hydrogens (tertiary/aromatic N) is 2. The number of ether oxygens (including phenoxy) is 1.